The lowest BCUT2D eigenvalue weighted by Crippen LogP contribution is -2.03. The molecule has 0 atom stereocenters. The van der Waals surface area contributed by atoms with Crippen molar-refractivity contribution in [2.75, 3.05) is 6.61 Å². The maximum atomic E-state index is 15.1. The van der Waals surface area contributed by atoms with Crippen molar-refractivity contribution >= 4 is 5.97 Å². The van der Waals surface area contributed by atoms with Crippen LogP contribution in [-0.2, 0) is 0 Å². The van der Waals surface area contributed by atoms with Gasteiger partial charge in [0, 0.05) is 5.56 Å². The summed E-state index contributed by atoms with van der Waals surface area (Å²) in [7, 11) is 0. The zero-order valence-corrected chi connectivity index (χ0v) is 16.1. The molecule has 0 unspecified atom stereocenters. The molecule has 0 aliphatic carbocycles. The fourth-order valence-corrected chi connectivity index (χ4v) is 3.15. The van der Waals surface area contributed by atoms with Gasteiger partial charge >= 0.3 is 5.97 Å². The molecule has 0 fully saturated rings. The molecular formula is C24H22F2O3. The van der Waals surface area contributed by atoms with Crippen molar-refractivity contribution in [2.24, 2.45) is 0 Å². The van der Waals surface area contributed by atoms with Crippen molar-refractivity contribution in [1.82, 2.24) is 0 Å². The van der Waals surface area contributed by atoms with E-state index in [1.54, 1.807) is 42.5 Å². The van der Waals surface area contributed by atoms with Gasteiger partial charge in [0.1, 0.15) is 17.4 Å². The average molecular weight is 396 g/mol. The molecule has 0 aliphatic heterocycles. The number of carboxylic acid groups (broad SMARTS) is 1. The van der Waals surface area contributed by atoms with Crippen LogP contribution in [0.2, 0.25) is 0 Å². The second-order valence-electron chi connectivity index (χ2n) is 6.74. The van der Waals surface area contributed by atoms with Gasteiger partial charge < -0.3 is 9.84 Å². The van der Waals surface area contributed by atoms with E-state index in [9.17, 15) is 14.3 Å². The van der Waals surface area contributed by atoms with Gasteiger partial charge in [0.15, 0.2) is 0 Å². The van der Waals surface area contributed by atoms with Gasteiger partial charge in [-0.2, -0.15) is 0 Å². The van der Waals surface area contributed by atoms with Gasteiger partial charge in [-0.15, -0.1) is 0 Å². The van der Waals surface area contributed by atoms with Crippen LogP contribution in [0.1, 0.15) is 36.5 Å². The fraction of sp³-hybridized carbons (Fsp3) is 0.208. The first-order valence-corrected chi connectivity index (χ1v) is 9.56. The summed E-state index contributed by atoms with van der Waals surface area (Å²) in [6.45, 7) is 2.73. The van der Waals surface area contributed by atoms with Crippen molar-refractivity contribution in [3.8, 4) is 28.0 Å². The number of rotatable bonds is 8. The van der Waals surface area contributed by atoms with E-state index in [1.165, 1.54) is 18.2 Å². The lowest BCUT2D eigenvalue weighted by atomic mass is 9.92. The number of aromatic carboxylic acids is 1. The zero-order chi connectivity index (χ0) is 20.8. The predicted octanol–water partition coefficient (Wildman–Crippen LogP) is 6.57. The molecule has 3 aromatic rings. The molecule has 0 saturated heterocycles. The quantitative estimate of drug-likeness (QED) is 0.438. The summed E-state index contributed by atoms with van der Waals surface area (Å²) in [5, 5.41) is 9.31. The Morgan fingerprint density at radius 2 is 1.55 bits per heavy atom. The Bertz CT molecular complexity index is 980. The number of unbranched alkanes of at least 4 members (excludes halogenated alkanes) is 2. The molecule has 0 aliphatic rings. The van der Waals surface area contributed by atoms with Crippen molar-refractivity contribution in [2.45, 2.75) is 26.2 Å². The Kier molecular flexibility index (Phi) is 6.60. The normalized spacial score (nSPS) is 10.7. The third-order valence-corrected chi connectivity index (χ3v) is 4.69. The van der Waals surface area contributed by atoms with Gasteiger partial charge in [-0.1, -0.05) is 50.1 Å². The first-order chi connectivity index (χ1) is 14.0. The summed E-state index contributed by atoms with van der Waals surface area (Å²) in [6.07, 6.45) is 3.15. The van der Waals surface area contributed by atoms with Gasteiger partial charge in [0.2, 0.25) is 0 Å². The van der Waals surface area contributed by atoms with E-state index in [0.717, 1.165) is 19.3 Å². The van der Waals surface area contributed by atoms with E-state index >= 15 is 4.39 Å². The van der Waals surface area contributed by atoms with E-state index in [-0.39, 0.29) is 5.56 Å². The molecule has 3 nitrogen and oxygen atoms in total. The molecule has 3 rings (SSSR count). The van der Waals surface area contributed by atoms with Crippen molar-refractivity contribution in [1.29, 1.82) is 0 Å². The molecule has 150 valence electrons. The molecule has 0 bridgehead atoms. The highest BCUT2D eigenvalue weighted by molar-refractivity contribution is 5.94. The van der Waals surface area contributed by atoms with Gasteiger partial charge in [-0.25, -0.2) is 13.6 Å². The Morgan fingerprint density at radius 3 is 2.17 bits per heavy atom. The third kappa shape index (κ3) is 4.80. The van der Waals surface area contributed by atoms with Crippen LogP contribution in [0.5, 0.6) is 5.75 Å². The summed E-state index contributed by atoms with van der Waals surface area (Å²) in [5.74, 6) is -1.90. The van der Waals surface area contributed by atoms with Crippen LogP contribution in [0.15, 0.2) is 60.7 Å². The molecule has 0 radical (unpaired) electrons. The smallest absolute Gasteiger partial charge is 0.338 e. The molecule has 0 aromatic heterocycles. The van der Waals surface area contributed by atoms with Gasteiger partial charge in [0.05, 0.1) is 12.2 Å². The Morgan fingerprint density at radius 1 is 0.897 bits per heavy atom. The van der Waals surface area contributed by atoms with Gasteiger partial charge in [0.25, 0.3) is 0 Å². The van der Waals surface area contributed by atoms with Crippen LogP contribution >= 0.6 is 0 Å². The first kappa shape index (κ1) is 20.5. The lowest BCUT2D eigenvalue weighted by molar-refractivity contribution is 0.0692. The molecule has 0 saturated carbocycles. The van der Waals surface area contributed by atoms with Crippen LogP contribution in [0.4, 0.5) is 8.78 Å². The fourth-order valence-electron chi connectivity index (χ4n) is 3.15. The molecule has 0 amide bonds. The van der Waals surface area contributed by atoms with Crippen LogP contribution in [0, 0.1) is 11.6 Å². The van der Waals surface area contributed by atoms with E-state index in [1.807, 2.05) is 0 Å². The minimum absolute atomic E-state index is 0.161. The van der Waals surface area contributed by atoms with Crippen LogP contribution in [0.3, 0.4) is 0 Å². The largest absolute Gasteiger partial charge is 0.494 e. The second-order valence-corrected chi connectivity index (χ2v) is 6.74. The van der Waals surface area contributed by atoms with Crippen LogP contribution in [0.25, 0.3) is 22.3 Å². The summed E-state index contributed by atoms with van der Waals surface area (Å²) in [4.78, 5) is 11.4. The number of carboxylic acids is 1. The molecule has 5 heteroatoms. The number of hydrogen-bond acceptors (Lipinski definition) is 2. The van der Waals surface area contributed by atoms with Crippen molar-refractivity contribution in [3.63, 3.8) is 0 Å². The maximum absolute atomic E-state index is 15.1. The van der Waals surface area contributed by atoms with E-state index in [2.05, 4.69) is 6.92 Å². The highest BCUT2D eigenvalue weighted by atomic mass is 19.1. The third-order valence-electron chi connectivity index (χ3n) is 4.69. The maximum Gasteiger partial charge on any atom is 0.338 e. The molecule has 0 spiro atoms. The highest BCUT2D eigenvalue weighted by Crippen LogP contribution is 2.36. The van der Waals surface area contributed by atoms with E-state index in [4.69, 9.17) is 4.74 Å². The van der Waals surface area contributed by atoms with Crippen LogP contribution < -0.4 is 4.74 Å². The molecule has 0 heterocycles. The Balaban J connectivity index is 2.01. The molecule has 29 heavy (non-hydrogen) atoms. The molecule has 1 N–H and O–H groups in total. The average Bonchev–Trinajstić information content (AvgIpc) is 2.72. The topological polar surface area (TPSA) is 46.5 Å². The van der Waals surface area contributed by atoms with Gasteiger partial charge in [-0.3, -0.25) is 0 Å². The minimum atomic E-state index is -1.34. The molecule has 3 aromatic carbocycles. The summed E-state index contributed by atoms with van der Waals surface area (Å²) < 4.78 is 34.1. The monoisotopic (exact) mass is 396 g/mol. The zero-order valence-electron chi connectivity index (χ0n) is 16.1. The minimum Gasteiger partial charge on any atom is -0.494 e. The van der Waals surface area contributed by atoms with E-state index < -0.39 is 23.2 Å². The first-order valence-electron chi connectivity index (χ1n) is 9.56. The SMILES string of the molecule is CCCCCOc1ccc(-c2c(-c3ccc(F)cc3)ccc(C(=O)O)c2F)cc1. The number of ether oxygens (including phenoxy) is 1. The summed E-state index contributed by atoms with van der Waals surface area (Å²) >= 11 is 0. The highest BCUT2D eigenvalue weighted by Gasteiger charge is 2.20. The summed E-state index contributed by atoms with van der Waals surface area (Å²) in [6, 6.07) is 15.3. The van der Waals surface area contributed by atoms with Crippen molar-refractivity contribution < 1.29 is 23.4 Å². The predicted molar refractivity (Wildman–Crippen MR) is 109 cm³/mol. The lowest BCUT2D eigenvalue weighted by Gasteiger charge is -2.14. The number of halogens is 2. The molecular weight excluding hydrogens is 374 g/mol. The number of benzene rings is 3. The van der Waals surface area contributed by atoms with Gasteiger partial charge in [-0.05, 0) is 53.4 Å². The standard InChI is InChI=1S/C24H22F2O3/c1-2-3-4-15-29-19-11-7-17(8-12-19)22-20(16-5-9-18(25)10-6-16)13-14-21(23(22)26)24(27)28/h5-14H,2-4,15H2,1H3,(H,27,28). The number of carbonyl (C=O) groups is 1. The second kappa shape index (κ2) is 9.32. The van der Waals surface area contributed by atoms with Crippen LogP contribution in [-0.4, -0.2) is 17.7 Å². The Hall–Kier alpha value is -3.21. The van der Waals surface area contributed by atoms with E-state index in [0.29, 0.717) is 29.0 Å². The summed E-state index contributed by atoms with van der Waals surface area (Å²) in [5.41, 5.74) is 1.35. The van der Waals surface area contributed by atoms with Crippen molar-refractivity contribution in [3.05, 3.63) is 77.9 Å². The Labute approximate surface area is 168 Å². The number of hydrogen-bond donors (Lipinski definition) is 1.